The van der Waals surface area contributed by atoms with Crippen LogP contribution in [0.4, 0.5) is 5.69 Å². The highest BCUT2D eigenvalue weighted by Crippen LogP contribution is 2.26. The Morgan fingerprint density at radius 2 is 1.96 bits per heavy atom. The van der Waals surface area contributed by atoms with Crippen LogP contribution in [0.3, 0.4) is 0 Å². The molecule has 0 radical (unpaired) electrons. The summed E-state index contributed by atoms with van der Waals surface area (Å²) in [5, 5.41) is 13.5. The minimum Gasteiger partial charge on any atom is -0.326 e. The van der Waals surface area contributed by atoms with Crippen molar-refractivity contribution in [2.24, 2.45) is 0 Å². The Kier molecular flexibility index (Phi) is 6.70. The first-order valence-corrected chi connectivity index (χ1v) is 10.1. The molecular formula is C22H18ClN3OS. The fourth-order valence-electron chi connectivity index (χ4n) is 2.60. The predicted octanol–water partition coefficient (Wildman–Crippen LogP) is 5.70. The van der Waals surface area contributed by atoms with Gasteiger partial charge in [-0.05, 0) is 48.9 Å². The molecule has 4 nitrogen and oxygen atoms in total. The zero-order valence-corrected chi connectivity index (χ0v) is 16.8. The third-order valence-corrected chi connectivity index (χ3v) is 5.24. The average Bonchev–Trinajstić information content (AvgIpc) is 2.68. The van der Waals surface area contributed by atoms with Crippen molar-refractivity contribution in [2.75, 3.05) is 11.1 Å². The summed E-state index contributed by atoms with van der Waals surface area (Å²) >= 11 is 7.34. The van der Waals surface area contributed by atoms with Gasteiger partial charge >= 0.3 is 0 Å². The Morgan fingerprint density at radius 1 is 1.18 bits per heavy atom. The number of hydrogen-bond donors (Lipinski definition) is 1. The molecule has 1 aromatic heterocycles. The van der Waals surface area contributed by atoms with Gasteiger partial charge in [-0.15, -0.1) is 11.8 Å². The van der Waals surface area contributed by atoms with Gasteiger partial charge in [0.2, 0.25) is 5.91 Å². The van der Waals surface area contributed by atoms with Crippen LogP contribution in [-0.2, 0) is 4.79 Å². The third-order valence-electron chi connectivity index (χ3n) is 3.99. The number of carbonyl (C=O) groups is 1. The lowest BCUT2D eigenvalue weighted by atomic mass is 10.1. The van der Waals surface area contributed by atoms with Crippen molar-refractivity contribution in [1.82, 2.24) is 4.98 Å². The molecule has 140 valence electrons. The zero-order valence-electron chi connectivity index (χ0n) is 15.3. The van der Waals surface area contributed by atoms with E-state index in [1.165, 1.54) is 11.8 Å². The molecule has 6 heteroatoms. The Morgan fingerprint density at radius 3 is 2.68 bits per heavy atom. The lowest BCUT2D eigenvalue weighted by molar-refractivity contribution is -0.115. The minimum absolute atomic E-state index is 0.0644. The number of nitrogens with zero attached hydrogens (tertiary/aromatic N) is 2. The van der Waals surface area contributed by atoms with Crippen LogP contribution in [0.25, 0.3) is 11.3 Å². The summed E-state index contributed by atoms with van der Waals surface area (Å²) in [6.07, 6.45) is 0.330. The molecule has 1 N–H and O–H groups in total. The first-order valence-electron chi connectivity index (χ1n) is 8.71. The summed E-state index contributed by atoms with van der Waals surface area (Å²) in [7, 11) is 0. The number of halogens is 1. The molecule has 28 heavy (non-hydrogen) atoms. The van der Waals surface area contributed by atoms with Crippen molar-refractivity contribution in [3.8, 4) is 17.3 Å². The number of pyridine rings is 1. The molecule has 2 aromatic carbocycles. The second-order valence-corrected chi connectivity index (χ2v) is 7.70. The lowest BCUT2D eigenvalue weighted by Gasteiger charge is -2.08. The monoisotopic (exact) mass is 407 g/mol. The van der Waals surface area contributed by atoms with Gasteiger partial charge in [-0.1, -0.05) is 35.9 Å². The van der Waals surface area contributed by atoms with Crippen LogP contribution in [0, 0.1) is 18.3 Å². The fraction of sp³-hybridized carbons (Fsp3) is 0.136. The molecule has 0 spiro atoms. The predicted molar refractivity (Wildman–Crippen MR) is 115 cm³/mol. The van der Waals surface area contributed by atoms with Gasteiger partial charge in [0.15, 0.2) is 0 Å². The minimum atomic E-state index is -0.0644. The largest absolute Gasteiger partial charge is 0.326 e. The summed E-state index contributed by atoms with van der Waals surface area (Å²) in [6, 6.07) is 20.8. The number of thioether (sulfide) groups is 1. The number of hydrogen-bond acceptors (Lipinski definition) is 4. The maximum Gasteiger partial charge on any atom is 0.225 e. The van der Waals surface area contributed by atoms with Gasteiger partial charge in [0.1, 0.15) is 11.1 Å². The fourth-order valence-corrected chi connectivity index (χ4v) is 3.64. The van der Waals surface area contributed by atoms with Gasteiger partial charge in [0.25, 0.3) is 0 Å². The van der Waals surface area contributed by atoms with E-state index in [1.54, 1.807) is 18.2 Å². The number of benzene rings is 2. The highest BCUT2D eigenvalue weighted by Gasteiger charge is 2.10. The van der Waals surface area contributed by atoms with E-state index in [-0.39, 0.29) is 5.91 Å². The molecule has 3 aromatic rings. The first-order chi connectivity index (χ1) is 13.5. The van der Waals surface area contributed by atoms with Gasteiger partial charge in [0.05, 0.1) is 11.3 Å². The van der Waals surface area contributed by atoms with Gasteiger partial charge in [-0.25, -0.2) is 4.98 Å². The SMILES string of the molecule is Cc1cccc(NC(=O)CCSc2nc(-c3ccc(Cl)cc3)ccc2C#N)c1. The number of aryl methyl sites for hydroxylation is 1. The van der Waals surface area contributed by atoms with E-state index in [0.717, 1.165) is 22.5 Å². The van der Waals surface area contributed by atoms with E-state index in [1.807, 2.05) is 49.4 Å². The van der Waals surface area contributed by atoms with E-state index in [9.17, 15) is 10.1 Å². The molecule has 0 aliphatic rings. The quantitative estimate of drug-likeness (QED) is 0.532. The Bertz CT molecular complexity index is 1030. The van der Waals surface area contributed by atoms with Crippen LogP contribution in [0.15, 0.2) is 65.7 Å². The number of rotatable bonds is 6. The summed E-state index contributed by atoms with van der Waals surface area (Å²) < 4.78 is 0. The van der Waals surface area contributed by atoms with E-state index < -0.39 is 0 Å². The third kappa shape index (κ3) is 5.35. The van der Waals surface area contributed by atoms with Gasteiger partial charge < -0.3 is 5.32 Å². The van der Waals surface area contributed by atoms with Gasteiger partial charge in [0, 0.05) is 28.4 Å². The summed E-state index contributed by atoms with van der Waals surface area (Å²) in [5.41, 5.74) is 4.07. The molecule has 0 unspecified atom stereocenters. The molecule has 0 aliphatic carbocycles. The van der Waals surface area contributed by atoms with Crippen molar-refractivity contribution < 1.29 is 4.79 Å². The summed E-state index contributed by atoms with van der Waals surface area (Å²) in [4.78, 5) is 16.8. The van der Waals surface area contributed by atoms with Crippen LogP contribution < -0.4 is 5.32 Å². The van der Waals surface area contributed by atoms with E-state index in [4.69, 9.17) is 11.6 Å². The normalized spacial score (nSPS) is 10.3. The van der Waals surface area contributed by atoms with Crippen molar-refractivity contribution in [1.29, 1.82) is 5.26 Å². The second-order valence-electron chi connectivity index (χ2n) is 6.18. The smallest absolute Gasteiger partial charge is 0.225 e. The molecule has 0 bridgehead atoms. The number of nitriles is 1. The molecule has 1 heterocycles. The van der Waals surface area contributed by atoms with E-state index >= 15 is 0 Å². The first kappa shape index (κ1) is 19.9. The Balaban J connectivity index is 1.64. The van der Waals surface area contributed by atoms with Crippen LogP contribution in [0.5, 0.6) is 0 Å². The molecule has 0 atom stereocenters. The maximum absolute atomic E-state index is 12.2. The Labute approximate surface area is 173 Å². The Hall–Kier alpha value is -2.81. The maximum atomic E-state index is 12.2. The molecule has 0 aliphatic heterocycles. The molecule has 1 amide bonds. The van der Waals surface area contributed by atoms with Crippen LogP contribution in [0.1, 0.15) is 17.5 Å². The van der Waals surface area contributed by atoms with Gasteiger partial charge in [-0.3, -0.25) is 4.79 Å². The molecule has 0 saturated carbocycles. The van der Waals surface area contributed by atoms with Crippen molar-refractivity contribution >= 4 is 35.0 Å². The highest BCUT2D eigenvalue weighted by atomic mass is 35.5. The van der Waals surface area contributed by atoms with Crippen molar-refractivity contribution in [3.05, 3.63) is 76.8 Å². The lowest BCUT2D eigenvalue weighted by Crippen LogP contribution is -2.12. The number of amides is 1. The number of anilines is 1. The average molecular weight is 408 g/mol. The number of carbonyl (C=O) groups excluding carboxylic acids is 1. The van der Waals surface area contributed by atoms with Crippen molar-refractivity contribution in [3.63, 3.8) is 0 Å². The molecule has 0 fully saturated rings. The number of aromatic nitrogens is 1. The van der Waals surface area contributed by atoms with E-state index in [2.05, 4.69) is 16.4 Å². The van der Waals surface area contributed by atoms with Crippen LogP contribution in [-0.4, -0.2) is 16.6 Å². The van der Waals surface area contributed by atoms with Crippen LogP contribution >= 0.6 is 23.4 Å². The molecular weight excluding hydrogens is 390 g/mol. The number of nitrogens with one attached hydrogen (secondary N) is 1. The summed E-state index contributed by atoms with van der Waals surface area (Å²) in [6.45, 7) is 1.98. The standard InChI is InChI=1S/C22H18ClN3OS/c1-15-3-2-4-19(13-15)25-21(27)11-12-28-22-17(14-24)7-10-20(26-22)16-5-8-18(23)9-6-16/h2-10,13H,11-12H2,1H3,(H,25,27). The molecule has 3 rings (SSSR count). The molecule has 0 saturated heterocycles. The van der Waals surface area contributed by atoms with Crippen LogP contribution in [0.2, 0.25) is 5.02 Å². The van der Waals surface area contributed by atoms with E-state index in [0.29, 0.717) is 27.8 Å². The highest BCUT2D eigenvalue weighted by molar-refractivity contribution is 7.99. The second kappa shape index (κ2) is 9.41. The summed E-state index contributed by atoms with van der Waals surface area (Å²) in [5.74, 6) is 0.467. The van der Waals surface area contributed by atoms with Crippen molar-refractivity contribution in [2.45, 2.75) is 18.4 Å². The topological polar surface area (TPSA) is 65.8 Å². The zero-order chi connectivity index (χ0) is 19.9. The van der Waals surface area contributed by atoms with Gasteiger partial charge in [-0.2, -0.15) is 5.26 Å².